The summed E-state index contributed by atoms with van der Waals surface area (Å²) in [6.07, 6.45) is -4.46. The number of nitrogens with zero attached hydrogens (tertiary/aromatic N) is 2. The smallest absolute Gasteiger partial charge is 0.416 e. The minimum absolute atomic E-state index is 0.00165. The van der Waals surface area contributed by atoms with Gasteiger partial charge >= 0.3 is 12.8 Å². The van der Waals surface area contributed by atoms with Gasteiger partial charge in [0, 0.05) is 26.2 Å². The summed E-state index contributed by atoms with van der Waals surface area (Å²) in [5.74, 6) is -0.987. The van der Waals surface area contributed by atoms with Gasteiger partial charge in [-0.2, -0.15) is 22.0 Å². The van der Waals surface area contributed by atoms with E-state index in [9.17, 15) is 31.5 Å². The topological polar surface area (TPSA) is 59.1 Å². The molecule has 1 aliphatic rings. The predicted molar refractivity (Wildman–Crippen MR) is 102 cm³/mol. The van der Waals surface area contributed by atoms with Crippen molar-refractivity contribution in [2.24, 2.45) is 0 Å². The lowest BCUT2D eigenvalue weighted by atomic mass is 10.1. The number of halogens is 5. The van der Waals surface area contributed by atoms with Gasteiger partial charge in [-0.05, 0) is 36.4 Å². The molecule has 32 heavy (non-hydrogen) atoms. The van der Waals surface area contributed by atoms with Crippen LogP contribution in [-0.2, 0) is 11.0 Å². The summed E-state index contributed by atoms with van der Waals surface area (Å²) in [7, 11) is 0. The van der Waals surface area contributed by atoms with E-state index in [4.69, 9.17) is 4.74 Å². The molecule has 0 bridgehead atoms. The third kappa shape index (κ3) is 5.86. The second kappa shape index (κ2) is 9.84. The van der Waals surface area contributed by atoms with Crippen molar-refractivity contribution in [3.63, 3.8) is 0 Å². The van der Waals surface area contributed by atoms with Crippen molar-refractivity contribution in [3.8, 4) is 11.5 Å². The predicted octanol–water partition coefficient (Wildman–Crippen LogP) is 3.67. The first-order valence-electron chi connectivity index (χ1n) is 9.56. The van der Waals surface area contributed by atoms with Crippen molar-refractivity contribution in [3.05, 3.63) is 59.7 Å². The Kier molecular flexibility index (Phi) is 7.16. The Morgan fingerprint density at radius 3 is 2.09 bits per heavy atom. The van der Waals surface area contributed by atoms with E-state index in [1.807, 2.05) is 0 Å². The van der Waals surface area contributed by atoms with E-state index in [2.05, 4.69) is 4.74 Å². The number of amides is 2. The molecule has 0 aliphatic carbocycles. The third-order valence-corrected chi connectivity index (χ3v) is 4.80. The lowest BCUT2D eigenvalue weighted by Crippen LogP contribution is -2.51. The van der Waals surface area contributed by atoms with Gasteiger partial charge in [-0.3, -0.25) is 9.59 Å². The van der Waals surface area contributed by atoms with Crippen LogP contribution in [0.25, 0.3) is 0 Å². The average Bonchev–Trinajstić information content (AvgIpc) is 2.77. The fraction of sp³-hybridized carbons (Fsp3) is 0.333. The van der Waals surface area contributed by atoms with E-state index in [1.54, 1.807) is 0 Å². The summed E-state index contributed by atoms with van der Waals surface area (Å²) >= 11 is 0. The number of hydrogen-bond donors (Lipinski definition) is 0. The Hall–Kier alpha value is -3.37. The quantitative estimate of drug-likeness (QED) is 0.620. The monoisotopic (exact) mass is 458 g/mol. The first kappa shape index (κ1) is 23.3. The molecule has 0 spiro atoms. The number of carbonyl (C=O) groups excluding carboxylic acids is 2. The first-order valence-corrected chi connectivity index (χ1v) is 9.56. The lowest BCUT2D eigenvalue weighted by molar-refractivity contribution is -0.138. The highest BCUT2D eigenvalue weighted by atomic mass is 19.4. The van der Waals surface area contributed by atoms with Gasteiger partial charge in [-0.25, -0.2) is 0 Å². The molecule has 0 radical (unpaired) electrons. The van der Waals surface area contributed by atoms with Crippen LogP contribution in [0.3, 0.4) is 0 Å². The first-order chi connectivity index (χ1) is 15.1. The normalized spacial score (nSPS) is 14.4. The maximum absolute atomic E-state index is 12.7. The zero-order valence-corrected chi connectivity index (χ0v) is 16.6. The average molecular weight is 458 g/mol. The molecule has 2 aromatic rings. The fourth-order valence-corrected chi connectivity index (χ4v) is 3.15. The van der Waals surface area contributed by atoms with Gasteiger partial charge in [-0.1, -0.05) is 12.1 Å². The van der Waals surface area contributed by atoms with Gasteiger partial charge in [0.15, 0.2) is 6.61 Å². The number of alkyl halides is 5. The highest BCUT2D eigenvalue weighted by molar-refractivity contribution is 5.97. The number of carbonyl (C=O) groups is 2. The van der Waals surface area contributed by atoms with Crippen LogP contribution in [0.2, 0.25) is 0 Å². The van der Waals surface area contributed by atoms with E-state index >= 15 is 0 Å². The third-order valence-electron chi connectivity index (χ3n) is 4.80. The van der Waals surface area contributed by atoms with Crippen molar-refractivity contribution in [2.45, 2.75) is 12.8 Å². The highest BCUT2D eigenvalue weighted by Gasteiger charge is 2.30. The van der Waals surface area contributed by atoms with Gasteiger partial charge in [-0.15, -0.1) is 0 Å². The highest BCUT2D eigenvalue weighted by Crippen LogP contribution is 2.30. The van der Waals surface area contributed by atoms with Gasteiger partial charge in [0.1, 0.15) is 11.5 Å². The Morgan fingerprint density at radius 2 is 1.50 bits per heavy atom. The van der Waals surface area contributed by atoms with E-state index in [1.165, 1.54) is 34.1 Å². The summed E-state index contributed by atoms with van der Waals surface area (Å²) in [5.41, 5.74) is -0.823. The van der Waals surface area contributed by atoms with Crippen LogP contribution in [0.1, 0.15) is 15.9 Å². The summed E-state index contributed by atoms with van der Waals surface area (Å²) in [6.45, 7) is -2.70. The van der Waals surface area contributed by atoms with Crippen LogP contribution < -0.4 is 9.47 Å². The van der Waals surface area contributed by atoms with Crippen molar-refractivity contribution < 1.29 is 41.0 Å². The number of benzene rings is 2. The fourth-order valence-electron chi connectivity index (χ4n) is 3.15. The molecular weight excluding hydrogens is 439 g/mol. The van der Waals surface area contributed by atoms with E-state index < -0.39 is 30.2 Å². The van der Waals surface area contributed by atoms with Crippen LogP contribution in [0.15, 0.2) is 48.5 Å². The summed E-state index contributed by atoms with van der Waals surface area (Å²) < 4.78 is 72.5. The molecule has 172 valence electrons. The second-order valence-electron chi connectivity index (χ2n) is 6.86. The Labute approximate surface area is 180 Å². The molecule has 1 heterocycles. The Morgan fingerprint density at radius 1 is 0.906 bits per heavy atom. The Balaban J connectivity index is 1.51. The molecule has 2 amide bonds. The molecule has 0 atom stereocenters. The molecule has 3 rings (SSSR count). The van der Waals surface area contributed by atoms with Crippen LogP contribution in [0.4, 0.5) is 22.0 Å². The van der Waals surface area contributed by atoms with Crippen molar-refractivity contribution in [2.75, 3.05) is 32.8 Å². The van der Waals surface area contributed by atoms with Gasteiger partial charge in [0.2, 0.25) is 0 Å². The molecule has 0 saturated carbocycles. The zero-order valence-electron chi connectivity index (χ0n) is 16.6. The van der Waals surface area contributed by atoms with Crippen LogP contribution >= 0.6 is 0 Å². The number of hydrogen-bond acceptors (Lipinski definition) is 4. The SMILES string of the molecule is O=C(COc1ccc(C(F)(F)F)cc1)N1CCN(C(=O)c2ccccc2OC(F)F)CC1. The molecule has 0 unspecified atom stereocenters. The van der Waals surface area contributed by atoms with E-state index in [0.29, 0.717) is 0 Å². The summed E-state index contributed by atoms with van der Waals surface area (Å²) in [4.78, 5) is 27.9. The maximum atomic E-state index is 12.7. The van der Waals surface area contributed by atoms with Crippen LogP contribution in [0, 0.1) is 0 Å². The molecule has 6 nitrogen and oxygen atoms in total. The summed E-state index contributed by atoms with van der Waals surface area (Å²) in [6, 6.07) is 9.65. The second-order valence-corrected chi connectivity index (χ2v) is 6.86. The summed E-state index contributed by atoms with van der Waals surface area (Å²) in [5, 5.41) is 0. The van der Waals surface area contributed by atoms with Gasteiger partial charge < -0.3 is 19.3 Å². The molecule has 1 aliphatic heterocycles. The van der Waals surface area contributed by atoms with E-state index in [-0.39, 0.29) is 49.8 Å². The minimum atomic E-state index is -4.46. The van der Waals surface area contributed by atoms with Crippen molar-refractivity contribution >= 4 is 11.8 Å². The minimum Gasteiger partial charge on any atom is -0.484 e. The molecule has 11 heteroatoms. The van der Waals surface area contributed by atoms with Crippen molar-refractivity contribution in [1.82, 2.24) is 9.80 Å². The number of piperazine rings is 1. The largest absolute Gasteiger partial charge is 0.484 e. The maximum Gasteiger partial charge on any atom is 0.416 e. The zero-order chi connectivity index (χ0) is 23.3. The lowest BCUT2D eigenvalue weighted by Gasteiger charge is -2.35. The number of para-hydroxylation sites is 1. The molecule has 0 N–H and O–H groups in total. The standard InChI is InChI=1S/C21H19F5N2O4/c22-20(23)32-17-4-2-1-3-16(17)19(30)28-11-9-27(10-12-28)18(29)13-31-15-7-5-14(6-8-15)21(24,25)26/h1-8,20H,9-13H2. The molecular formula is C21H19F5N2O4. The van der Waals surface area contributed by atoms with Crippen LogP contribution in [0.5, 0.6) is 11.5 Å². The molecule has 0 aromatic heterocycles. The van der Waals surface area contributed by atoms with Gasteiger partial charge in [0.25, 0.3) is 11.8 Å². The molecule has 1 fully saturated rings. The van der Waals surface area contributed by atoms with Crippen LogP contribution in [-0.4, -0.2) is 61.0 Å². The Bertz CT molecular complexity index is 942. The van der Waals surface area contributed by atoms with E-state index in [0.717, 1.165) is 24.3 Å². The van der Waals surface area contributed by atoms with Gasteiger partial charge in [0.05, 0.1) is 11.1 Å². The number of ether oxygens (including phenoxy) is 2. The molecule has 1 saturated heterocycles. The number of rotatable bonds is 6. The van der Waals surface area contributed by atoms with Crippen molar-refractivity contribution in [1.29, 1.82) is 0 Å². The molecule has 2 aromatic carbocycles.